The van der Waals surface area contributed by atoms with E-state index in [0.717, 1.165) is 12.2 Å². The lowest BCUT2D eigenvalue weighted by Crippen LogP contribution is -2.27. The molecule has 0 heterocycles. The average molecular weight is 224 g/mol. The molecule has 1 unspecified atom stereocenters. The first-order valence-corrected chi connectivity index (χ1v) is 5.75. The second-order valence-corrected chi connectivity index (χ2v) is 4.53. The summed E-state index contributed by atoms with van der Waals surface area (Å²) in [7, 11) is 0. The van der Waals surface area contributed by atoms with Crippen molar-refractivity contribution in [2.24, 2.45) is 17.6 Å². The van der Waals surface area contributed by atoms with Crippen molar-refractivity contribution in [3.63, 3.8) is 0 Å². The van der Waals surface area contributed by atoms with Crippen molar-refractivity contribution in [2.45, 2.75) is 20.8 Å². The van der Waals surface area contributed by atoms with Crippen molar-refractivity contribution in [3.8, 4) is 0 Å². The van der Waals surface area contributed by atoms with Gasteiger partial charge >= 0.3 is 0 Å². The van der Waals surface area contributed by atoms with Gasteiger partial charge in [0.2, 0.25) is 0 Å². The summed E-state index contributed by atoms with van der Waals surface area (Å²) in [6, 6.07) is 5.09. The van der Waals surface area contributed by atoms with Gasteiger partial charge < -0.3 is 11.1 Å². The fourth-order valence-electron chi connectivity index (χ4n) is 1.63. The lowest BCUT2D eigenvalue weighted by Gasteiger charge is -2.20. The van der Waals surface area contributed by atoms with E-state index in [-0.39, 0.29) is 5.82 Å². The Balaban J connectivity index is 2.64. The van der Waals surface area contributed by atoms with E-state index in [2.05, 4.69) is 19.2 Å². The maximum Gasteiger partial charge on any atom is 0.128 e. The Kier molecular flexibility index (Phi) is 4.74. The number of halogens is 1. The molecule has 0 spiro atoms. The zero-order chi connectivity index (χ0) is 12.1. The fourth-order valence-corrected chi connectivity index (χ4v) is 1.63. The van der Waals surface area contributed by atoms with E-state index in [4.69, 9.17) is 5.73 Å². The van der Waals surface area contributed by atoms with Gasteiger partial charge in [0.25, 0.3) is 0 Å². The standard InChI is InChI=1S/C13H21FN2/c1-9(2)11(7-15)8-16-13-6-4-5-12(14)10(13)3/h4-6,9,11,16H,7-8,15H2,1-3H3. The van der Waals surface area contributed by atoms with Gasteiger partial charge in [-0.1, -0.05) is 19.9 Å². The molecule has 0 aliphatic heterocycles. The van der Waals surface area contributed by atoms with E-state index >= 15 is 0 Å². The molecule has 0 bridgehead atoms. The molecule has 16 heavy (non-hydrogen) atoms. The van der Waals surface area contributed by atoms with Gasteiger partial charge in [0.15, 0.2) is 0 Å². The second kappa shape index (κ2) is 5.85. The molecule has 0 aliphatic rings. The molecule has 0 amide bonds. The number of hydrogen-bond donors (Lipinski definition) is 2. The van der Waals surface area contributed by atoms with Gasteiger partial charge in [0.05, 0.1) is 0 Å². The summed E-state index contributed by atoms with van der Waals surface area (Å²) >= 11 is 0. The third-order valence-corrected chi connectivity index (χ3v) is 3.07. The minimum atomic E-state index is -0.168. The van der Waals surface area contributed by atoms with Crippen molar-refractivity contribution in [1.29, 1.82) is 0 Å². The molecule has 1 aromatic rings. The largest absolute Gasteiger partial charge is 0.384 e. The van der Waals surface area contributed by atoms with Gasteiger partial charge in [0, 0.05) is 17.8 Å². The maximum atomic E-state index is 13.3. The monoisotopic (exact) mass is 224 g/mol. The van der Waals surface area contributed by atoms with E-state index in [1.54, 1.807) is 13.0 Å². The third kappa shape index (κ3) is 3.20. The summed E-state index contributed by atoms with van der Waals surface area (Å²) in [5, 5.41) is 3.27. The van der Waals surface area contributed by atoms with Crippen molar-refractivity contribution in [1.82, 2.24) is 0 Å². The number of nitrogens with one attached hydrogen (secondary N) is 1. The third-order valence-electron chi connectivity index (χ3n) is 3.07. The SMILES string of the molecule is Cc1c(F)cccc1NCC(CN)C(C)C. The molecule has 0 aliphatic carbocycles. The van der Waals surface area contributed by atoms with Crippen LogP contribution in [0.4, 0.5) is 10.1 Å². The van der Waals surface area contributed by atoms with E-state index < -0.39 is 0 Å². The summed E-state index contributed by atoms with van der Waals surface area (Å²) in [5.41, 5.74) is 7.22. The molecular formula is C13H21FN2. The summed E-state index contributed by atoms with van der Waals surface area (Å²) in [4.78, 5) is 0. The summed E-state index contributed by atoms with van der Waals surface area (Å²) in [6.45, 7) is 7.53. The van der Waals surface area contributed by atoms with Crippen molar-refractivity contribution in [3.05, 3.63) is 29.6 Å². The average Bonchev–Trinajstić information content (AvgIpc) is 2.24. The molecule has 1 rings (SSSR count). The van der Waals surface area contributed by atoms with E-state index in [9.17, 15) is 4.39 Å². The minimum Gasteiger partial charge on any atom is -0.384 e. The lowest BCUT2D eigenvalue weighted by atomic mass is 9.96. The van der Waals surface area contributed by atoms with E-state index in [0.29, 0.717) is 23.9 Å². The van der Waals surface area contributed by atoms with Crippen LogP contribution in [0.15, 0.2) is 18.2 Å². The molecule has 2 nitrogen and oxygen atoms in total. The fraction of sp³-hybridized carbons (Fsp3) is 0.538. The van der Waals surface area contributed by atoms with Gasteiger partial charge in [-0.15, -0.1) is 0 Å². The molecule has 3 N–H and O–H groups in total. The number of rotatable bonds is 5. The van der Waals surface area contributed by atoms with Crippen LogP contribution in [0.5, 0.6) is 0 Å². The highest BCUT2D eigenvalue weighted by atomic mass is 19.1. The van der Waals surface area contributed by atoms with Crippen LogP contribution < -0.4 is 11.1 Å². The molecule has 1 atom stereocenters. The van der Waals surface area contributed by atoms with Gasteiger partial charge in [-0.05, 0) is 37.4 Å². The molecule has 0 radical (unpaired) electrons. The van der Waals surface area contributed by atoms with Crippen molar-refractivity contribution >= 4 is 5.69 Å². The van der Waals surface area contributed by atoms with Crippen LogP contribution >= 0.6 is 0 Å². The molecule has 0 saturated heterocycles. The number of hydrogen-bond acceptors (Lipinski definition) is 2. The zero-order valence-electron chi connectivity index (χ0n) is 10.3. The smallest absolute Gasteiger partial charge is 0.128 e. The van der Waals surface area contributed by atoms with Crippen LogP contribution in [0.25, 0.3) is 0 Å². The van der Waals surface area contributed by atoms with Crippen LogP contribution in [-0.2, 0) is 0 Å². The Morgan fingerprint density at radius 3 is 2.62 bits per heavy atom. The number of benzene rings is 1. The lowest BCUT2D eigenvalue weighted by molar-refractivity contribution is 0.413. The normalized spacial score (nSPS) is 12.9. The minimum absolute atomic E-state index is 0.168. The maximum absolute atomic E-state index is 13.3. The van der Waals surface area contributed by atoms with Gasteiger partial charge in [-0.3, -0.25) is 0 Å². The molecule has 0 saturated carbocycles. The Bertz CT molecular complexity index is 337. The van der Waals surface area contributed by atoms with Gasteiger partial charge in [0.1, 0.15) is 5.82 Å². The van der Waals surface area contributed by atoms with Crippen LogP contribution in [0.3, 0.4) is 0 Å². The first-order valence-electron chi connectivity index (χ1n) is 5.75. The highest BCUT2D eigenvalue weighted by Gasteiger charge is 2.11. The first kappa shape index (κ1) is 13.0. The van der Waals surface area contributed by atoms with Crippen LogP contribution in [0, 0.1) is 24.6 Å². The number of anilines is 1. The predicted octanol–water partition coefficient (Wildman–Crippen LogP) is 2.78. The predicted molar refractivity (Wildman–Crippen MR) is 67.0 cm³/mol. The van der Waals surface area contributed by atoms with Gasteiger partial charge in [-0.25, -0.2) is 4.39 Å². The molecule has 90 valence electrons. The van der Waals surface area contributed by atoms with Gasteiger partial charge in [-0.2, -0.15) is 0 Å². The topological polar surface area (TPSA) is 38.0 Å². The molecule has 0 aromatic heterocycles. The Hall–Kier alpha value is -1.09. The van der Waals surface area contributed by atoms with Crippen molar-refractivity contribution in [2.75, 3.05) is 18.4 Å². The molecule has 3 heteroatoms. The Morgan fingerprint density at radius 2 is 2.06 bits per heavy atom. The molecule has 1 aromatic carbocycles. The quantitative estimate of drug-likeness (QED) is 0.807. The summed E-state index contributed by atoms with van der Waals surface area (Å²) in [6.07, 6.45) is 0. The van der Waals surface area contributed by atoms with E-state index in [1.165, 1.54) is 6.07 Å². The van der Waals surface area contributed by atoms with E-state index in [1.807, 2.05) is 6.07 Å². The first-order chi connectivity index (χ1) is 7.56. The highest BCUT2D eigenvalue weighted by Crippen LogP contribution is 2.18. The van der Waals surface area contributed by atoms with Crippen LogP contribution in [0.2, 0.25) is 0 Å². The molecule has 0 fully saturated rings. The Labute approximate surface area is 97.0 Å². The number of nitrogens with two attached hydrogens (primary N) is 1. The highest BCUT2D eigenvalue weighted by molar-refractivity contribution is 5.50. The second-order valence-electron chi connectivity index (χ2n) is 4.53. The van der Waals surface area contributed by atoms with Crippen molar-refractivity contribution < 1.29 is 4.39 Å². The zero-order valence-corrected chi connectivity index (χ0v) is 10.3. The van der Waals surface area contributed by atoms with Crippen LogP contribution in [0.1, 0.15) is 19.4 Å². The molecular weight excluding hydrogens is 203 g/mol. The Morgan fingerprint density at radius 1 is 1.38 bits per heavy atom. The van der Waals surface area contributed by atoms with Crippen LogP contribution in [-0.4, -0.2) is 13.1 Å². The summed E-state index contributed by atoms with van der Waals surface area (Å²) < 4.78 is 13.3. The summed E-state index contributed by atoms with van der Waals surface area (Å²) in [5.74, 6) is 0.785.